The summed E-state index contributed by atoms with van der Waals surface area (Å²) >= 11 is 0. The summed E-state index contributed by atoms with van der Waals surface area (Å²) in [5, 5.41) is 31.6. The van der Waals surface area contributed by atoms with E-state index >= 15 is 0 Å². The first-order valence-corrected chi connectivity index (χ1v) is 10.8. The first-order chi connectivity index (χ1) is 18.7. The van der Waals surface area contributed by atoms with Crippen molar-refractivity contribution in [2.75, 3.05) is 6.54 Å². The van der Waals surface area contributed by atoms with Gasteiger partial charge < -0.3 is 20.4 Å². The van der Waals surface area contributed by atoms with Crippen molar-refractivity contribution in [3.63, 3.8) is 0 Å². The van der Waals surface area contributed by atoms with Crippen LogP contribution in [0.15, 0.2) is 48.9 Å². The number of rotatable bonds is 4. The summed E-state index contributed by atoms with van der Waals surface area (Å²) in [7, 11) is 0. The van der Waals surface area contributed by atoms with Gasteiger partial charge in [0.1, 0.15) is 0 Å². The number of carbonyl (C=O) groups is 3. The monoisotopic (exact) mass is 611 g/mol. The van der Waals surface area contributed by atoms with Gasteiger partial charge in [0, 0.05) is 37.7 Å². The van der Waals surface area contributed by atoms with Gasteiger partial charge in [0.2, 0.25) is 0 Å². The minimum atomic E-state index is -5.08. The number of hydrogen-bond acceptors (Lipinski definition) is 7. The molecule has 0 bridgehead atoms. The van der Waals surface area contributed by atoms with Gasteiger partial charge in [0.25, 0.3) is 0 Å². The Bertz CT molecular complexity index is 1030. The Morgan fingerprint density at radius 2 is 1.29 bits per heavy atom. The topological polar surface area (TPSA) is 161 Å². The number of aliphatic hydroxyl groups excluding tert-OH is 1. The van der Waals surface area contributed by atoms with Crippen molar-refractivity contribution in [3.05, 3.63) is 60.2 Å². The molecule has 230 valence electrons. The van der Waals surface area contributed by atoms with E-state index in [1.807, 2.05) is 36.7 Å². The second-order valence-corrected chi connectivity index (χ2v) is 7.69. The molecule has 0 unspecified atom stereocenters. The summed E-state index contributed by atoms with van der Waals surface area (Å²) in [5.74, 6) is -8.27. The number of pyridine rings is 2. The van der Waals surface area contributed by atoms with Crippen LogP contribution < -0.4 is 0 Å². The van der Waals surface area contributed by atoms with Crippen LogP contribution in [0.25, 0.3) is 0 Å². The first kappa shape index (κ1) is 37.0. The average Bonchev–Trinajstić information content (AvgIpc) is 3.18. The van der Waals surface area contributed by atoms with E-state index < -0.39 is 36.4 Å². The summed E-state index contributed by atoms with van der Waals surface area (Å²) in [5.41, 5.74) is 2.22. The van der Waals surface area contributed by atoms with E-state index in [1.165, 1.54) is 5.56 Å². The number of carboxylic acid groups (broad SMARTS) is 3. The van der Waals surface area contributed by atoms with Gasteiger partial charge in [-0.1, -0.05) is 12.1 Å². The van der Waals surface area contributed by atoms with E-state index in [-0.39, 0.29) is 12.1 Å². The van der Waals surface area contributed by atoms with Gasteiger partial charge in [-0.3, -0.25) is 14.9 Å². The summed E-state index contributed by atoms with van der Waals surface area (Å²) in [6.07, 6.45) is -8.37. The van der Waals surface area contributed by atoms with Gasteiger partial charge in [-0.25, -0.2) is 14.4 Å². The molecule has 4 N–H and O–H groups in total. The van der Waals surface area contributed by atoms with Crippen LogP contribution in [0.5, 0.6) is 0 Å². The Hall–Kier alpha value is -4.00. The number of nitrogens with zero attached hydrogens (tertiary/aromatic N) is 3. The zero-order chi connectivity index (χ0) is 32.0. The molecule has 0 aromatic carbocycles. The van der Waals surface area contributed by atoms with E-state index in [0.29, 0.717) is 0 Å². The van der Waals surface area contributed by atoms with Gasteiger partial charge in [-0.2, -0.15) is 39.5 Å². The van der Waals surface area contributed by atoms with E-state index in [4.69, 9.17) is 29.7 Å². The molecule has 41 heavy (non-hydrogen) atoms. The molecule has 10 nitrogen and oxygen atoms in total. The molecule has 0 radical (unpaired) electrons. The maximum atomic E-state index is 10.6. The Labute approximate surface area is 224 Å². The average molecular weight is 611 g/mol. The highest BCUT2D eigenvalue weighted by molar-refractivity contribution is 5.73. The van der Waals surface area contributed by atoms with Crippen LogP contribution in [-0.2, 0) is 27.3 Å². The molecule has 0 spiro atoms. The predicted molar refractivity (Wildman–Crippen MR) is 118 cm³/mol. The Balaban J connectivity index is 0.000000631. The number of aliphatic carboxylic acids is 3. The summed E-state index contributed by atoms with van der Waals surface area (Å²) < 4.78 is 95.2. The van der Waals surface area contributed by atoms with Crippen LogP contribution in [0.1, 0.15) is 17.7 Å². The van der Waals surface area contributed by atoms with Crippen molar-refractivity contribution in [1.82, 2.24) is 14.9 Å². The number of aliphatic hydroxyl groups is 1. The van der Waals surface area contributed by atoms with Crippen LogP contribution in [0, 0.1) is 0 Å². The predicted octanol–water partition coefficient (Wildman–Crippen LogP) is 3.55. The molecule has 1 fully saturated rings. The first-order valence-electron chi connectivity index (χ1n) is 10.8. The van der Waals surface area contributed by atoms with Crippen molar-refractivity contribution in [3.8, 4) is 0 Å². The third kappa shape index (κ3) is 16.0. The summed E-state index contributed by atoms with van der Waals surface area (Å²) in [4.78, 5) is 37.5. The lowest BCUT2D eigenvalue weighted by molar-refractivity contribution is -0.193. The lowest BCUT2D eigenvalue weighted by Gasteiger charge is -2.25. The maximum Gasteiger partial charge on any atom is 0.490 e. The Morgan fingerprint density at radius 1 is 0.805 bits per heavy atom. The minimum Gasteiger partial charge on any atom is -0.475 e. The molecule has 3 rings (SSSR count). The third-order valence-corrected chi connectivity index (χ3v) is 4.61. The zero-order valence-corrected chi connectivity index (χ0v) is 20.4. The van der Waals surface area contributed by atoms with Crippen LogP contribution in [0.4, 0.5) is 39.5 Å². The van der Waals surface area contributed by atoms with Gasteiger partial charge in [0.15, 0.2) is 0 Å². The fourth-order valence-electron chi connectivity index (χ4n) is 2.82. The van der Waals surface area contributed by atoms with Crippen molar-refractivity contribution in [1.29, 1.82) is 0 Å². The van der Waals surface area contributed by atoms with E-state index in [9.17, 15) is 44.6 Å². The van der Waals surface area contributed by atoms with E-state index in [0.717, 1.165) is 31.6 Å². The quantitative estimate of drug-likeness (QED) is 0.377. The third-order valence-electron chi connectivity index (χ3n) is 4.61. The molecule has 1 aliphatic heterocycles. The molecule has 0 saturated carbocycles. The van der Waals surface area contributed by atoms with Crippen LogP contribution in [0.2, 0.25) is 0 Å². The molecule has 19 heteroatoms. The van der Waals surface area contributed by atoms with Gasteiger partial charge in [-0.05, 0) is 36.6 Å². The van der Waals surface area contributed by atoms with Crippen LogP contribution in [-0.4, -0.2) is 90.4 Å². The molecular formula is C22H22F9N3O7. The second kappa shape index (κ2) is 16.3. The fourth-order valence-corrected chi connectivity index (χ4v) is 2.82. The number of likely N-dealkylation sites (tertiary alicyclic amines) is 1. The molecule has 1 saturated heterocycles. The van der Waals surface area contributed by atoms with Gasteiger partial charge in [-0.15, -0.1) is 0 Å². The number of carboxylic acids is 3. The highest BCUT2D eigenvalue weighted by Gasteiger charge is 2.39. The highest BCUT2D eigenvalue weighted by Crippen LogP contribution is 2.23. The Kier molecular flexibility index (Phi) is 14.7. The highest BCUT2D eigenvalue weighted by atomic mass is 19.4. The Morgan fingerprint density at radius 3 is 1.66 bits per heavy atom. The van der Waals surface area contributed by atoms with Gasteiger partial charge >= 0.3 is 36.4 Å². The van der Waals surface area contributed by atoms with Crippen molar-refractivity contribution < 1.29 is 74.3 Å². The summed E-state index contributed by atoms with van der Waals surface area (Å²) in [6, 6.07) is 10.1. The molecule has 0 aliphatic carbocycles. The number of hydrogen-bond donors (Lipinski definition) is 4. The van der Waals surface area contributed by atoms with E-state index in [2.05, 4.69) is 20.9 Å². The lowest BCUT2D eigenvalue weighted by atomic mass is 10.0. The largest absolute Gasteiger partial charge is 0.490 e. The normalized spacial score (nSPS) is 17.0. The zero-order valence-electron chi connectivity index (χ0n) is 20.4. The molecule has 2 aromatic rings. The molecular weight excluding hydrogens is 589 g/mol. The van der Waals surface area contributed by atoms with E-state index in [1.54, 1.807) is 6.20 Å². The SMILES string of the molecule is O=C(O)C(F)(F)F.O=C(O)C(F)(F)F.O=C(O)C(F)(F)F.O[C@H]1CCN(Cc2ccccn2)[C@H]1Cc1cccnc1. The smallest absolute Gasteiger partial charge is 0.475 e. The van der Waals surface area contributed by atoms with Gasteiger partial charge in [0.05, 0.1) is 11.8 Å². The number of alkyl halides is 9. The molecule has 0 amide bonds. The second-order valence-electron chi connectivity index (χ2n) is 7.69. The lowest BCUT2D eigenvalue weighted by Crippen LogP contribution is -2.36. The van der Waals surface area contributed by atoms with Crippen molar-refractivity contribution in [2.24, 2.45) is 0 Å². The fraction of sp³-hybridized carbons (Fsp3) is 0.409. The molecule has 2 aromatic heterocycles. The van der Waals surface area contributed by atoms with Crippen LogP contribution >= 0.6 is 0 Å². The van der Waals surface area contributed by atoms with Crippen molar-refractivity contribution in [2.45, 2.75) is 50.1 Å². The van der Waals surface area contributed by atoms with Crippen molar-refractivity contribution >= 4 is 17.9 Å². The molecule has 1 aliphatic rings. The number of halogens is 9. The molecule has 3 heterocycles. The number of aromatic nitrogens is 2. The maximum absolute atomic E-state index is 10.6. The minimum absolute atomic E-state index is 0.154. The standard InChI is InChI=1S/C16H19N3O.3C2HF3O2/c20-16-6-9-19(12-14-5-1-2-8-18-14)15(16)10-13-4-3-7-17-11-13;3*3-2(4,5)1(6)7/h1-5,7-8,11,15-16,20H,6,9-10,12H2;3*(H,6,7)/t15-,16-;;;/m0.../s1. The molecule has 2 atom stereocenters. The van der Waals surface area contributed by atoms with Crippen LogP contribution in [0.3, 0.4) is 0 Å². The summed E-state index contributed by atoms with van der Waals surface area (Å²) in [6.45, 7) is 1.71.